The SMILES string of the molecule is CNC(=O)C1CCN(C(=O)c2ccc(Nc3cccn4c(-c5ccc(OC)c(C#N)c5)cnc34)cc2C)CC1. The van der Waals surface area contributed by atoms with Crippen LogP contribution >= 0.6 is 0 Å². The van der Waals surface area contributed by atoms with E-state index in [9.17, 15) is 14.9 Å². The molecule has 0 unspecified atom stereocenters. The van der Waals surface area contributed by atoms with Crippen LogP contribution in [0.5, 0.6) is 5.75 Å². The molecule has 39 heavy (non-hydrogen) atoms. The molecule has 0 radical (unpaired) electrons. The molecule has 0 aliphatic carbocycles. The van der Waals surface area contributed by atoms with E-state index in [-0.39, 0.29) is 17.7 Å². The standard InChI is InChI=1S/C30H30N6O3/c1-19-15-23(7-8-24(19)30(38)35-13-10-20(11-14-35)29(37)32-2)34-25-5-4-12-36-26(18-33-28(25)36)21-6-9-27(39-3)22(16-21)17-31/h4-9,12,15-16,18,20,34H,10-11,13-14H2,1-3H3,(H,32,37). The molecular formula is C30H30N6O3. The summed E-state index contributed by atoms with van der Waals surface area (Å²) in [5.41, 5.74) is 6.09. The molecule has 0 saturated carbocycles. The number of nitrogens with one attached hydrogen (secondary N) is 2. The van der Waals surface area contributed by atoms with E-state index < -0.39 is 0 Å². The van der Waals surface area contributed by atoms with Crippen LogP contribution in [0.4, 0.5) is 11.4 Å². The fourth-order valence-electron chi connectivity index (χ4n) is 5.13. The number of nitrogens with zero attached hydrogens (tertiary/aromatic N) is 4. The van der Waals surface area contributed by atoms with Crippen molar-refractivity contribution in [3.63, 3.8) is 0 Å². The average molecular weight is 523 g/mol. The number of rotatable bonds is 6. The van der Waals surface area contributed by atoms with Crippen molar-refractivity contribution in [2.24, 2.45) is 5.92 Å². The maximum atomic E-state index is 13.2. The van der Waals surface area contributed by atoms with Gasteiger partial charge in [0.05, 0.1) is 30.3 Å². The van der Waals surface area contributed by atoms with Crippen LogP contribution in [-0.4, -0.2) is 53.3 Å². The lowest BCUT2D eigenvalue weighted by Gasteiger charge is -2.31. The van der Waals surface area contributed by atoms with Crippen LogP contribution in [0.1, 0.15) is 34.3 Å². The molecule has 2 aromatic heterocycles. The smallest absolute Gasteiger partial charge is 0.254 e. The third-order valence-corrected chi connectivity index (χ3v) is 7.29. The topological polar surface area (TPSA) is 112 Å². The van der Waals surface area contributed by atoms with Gasteiger partial charge >= 0.3 is 0 Å². The number of fused-ring (bicyclic) bond motifs is 1. The second-order valence-corrected chi connectivity index (χ2v) is 9.62. The molecule has 9 heteroatoms. The van der Waals surface area contributed by atoms with Gasteiger partial charge < -0.3 is 20.3 Å². The minimum Gasteiger partial charge on any atom is -0.495 e. The molecule has 1 aliphatic rings. The van der Waals surface area contributed by atoms with E-state index in [1.807, 2.05) is 58.8 Å². The molecule has 0 spiro atoms. The van der Waals surface area contributed by atoms with Gasteiger partial charge in [0.2, 0.25) is 5.91 Å². The lowest BCUT2D eigenvalue weighted by Crippen LogP contribution is -2.42. The number of likely N-dealkylation sites (tertiary alicyclic amines) is 1. The summed E-state index contributed by atoms with van der Waals surface area (Å²) in [6.07, 6.45) is 5.06. The Morgan fingerprint density at radius 2 is 1.92 bits per heavy atom. The fraction of sp³-hybridized carbons (Fsp3) is 0.267. The van der Waals surface area contributed by atoms with Crippen molar-refractivity contribution in [2.75, 3.05) is 32.6 Å². The van der Waals surface area contributed by atoms with Crippen LogP contribution in [0.2, 0.25) is 0 Å². The third kappa shape index (κ3) is 5.01. The lowest BCUT2D eigenvalue weighted by molar-refractivity contribution is -0.125. The number of hydrogen-bond acceptors (Lipinski definition) is 6. The lowest BCUT2D eigenvalue weighted by atomic mass is 9.95. The highest BCUT2D eigenvalue weighted by atomic mass is 16.5. The number of pyridine rings is 1. The van der Waals surface area contributed by atoms with Crippen molar-refractivity contribution < 1.29 is 14.3 Å². The van der Waals surface area contributed by atoms with Crippen molar-refractivity contribution in [1.82, 2.24) is 19.6 Å². The van der Waals surface area contributed by atoms with E-state index in [4.69, 9.17) is 4.74 Å². The number of nitriles is 1. The summed E-state index contributed by atoms with van der Waals surface area (Å²) < 4.78 is 7.24. The van der Waals surface area contributed by atoms with E-state index in [1.165, 1.54) is 0 Å². The van der Waals surface area contributed by atoms with Gasteiger partial charge in [0.15, 0.2) is 5.65 Å². The van der Waals surface area contributed by atoms with Gasteiger partial charge in [0.1, 0.15) is 11.8 Å². The second kappa shape index (κ2) is 10.9. The highest BCUT2D eigenvalue weighted by Crippen LogP contribution is 2.30. The number of aryl methyl sites for hydroxylation is 1. The summed E-state index contributed by atoms with van der Waals surface area (Å²) in [5, 5.41) is 15.6. The Bertz CT molecular complexity index is 1590. The first-order chi connectivity index (χ1) is 18.9. The van der Waals surface area contributed by atoms with Crippen molar-refractivity contribution in [2.45, 2.75) is 19.8 Å². The molecule has 2 amide bonds. The number of amides is 2. The normalized spacial score (nSPS) is 13.6. The van der Waals surface area contributed by atoms with Crippen LogP contribution in [0, 0.1) is 24.2 Å². The number of anilines is 2. The van der Waals surface area contributed by atoms with Crippen molar-refractivity contribution >= 4 is 28.8 Å². The number of ether oxygens (including phenoxy) is 1. The Kier molecular flexibility index (Phi) is 7.19. The first-order valence-corrected chi connectivity index (χ1v) is 12.9. The van der Waals surface area contributed by atoms with Crippen molar-refractivity contribution in [3.8, 4) is 23.1 Å². The van der Waals surface area contributed by atoms with Gasteiger partial charge in [0.25, 0.3) is 5.91 Å². The Hall–Kier alpha value is -4.84. The van der Waals surface area contributed by atoms with E-state index in [1.54, 1.807) is 32.5 Å². The number of imidazole rings is 1. The first kappa shape index (κ1) is 25.8. The van der Waals surface area contributed by atoms with Crippen LogP contribution in [-0.2, 0) is 4.79 Å². The van der Waals surface area contributed by atoms with Gasteiger partial charge in [-0.15, -0.1) is 0 Å². The maximum Gasteiger partial charge on any atom is 0.254 e. The second-order valence-electron chi connectivity index (χ2n) is 9.62. The Balaban J connectivity index is 1.35. The minimum atomic E-state index is -0.0317. The van der Waals surface area contributed by atoms with Crippen molar-refractivity contribution in [3.05, 3.63) is 77.6 Å². The number of carbonyl (C=O) groups excluding carboxylic acids is 2. The number of piperidine rings is 1. The summed E-state index contributed by atoms with van der Waals surface area (Å²) in [7, 11) is 3.20. The van der Waals surface area contributed by atoms with Crippen LogP contribution in [0.3, 0.4) is 0 Å². The number of carbonyl (C=O) groups is 2. The molecule has 2 aromatic carbocycles. The number of hydrogen-bond donors (Lipinski definition) is 2. The molecule has 5 rings (SSSR count). The zero-order chi connectivity index (χ0) is 27.5. The predicted molar refractivity (Wildman–Crippen MR) is 149 cm³/mol. The van der Waals surface area contributed by atoms with Crippen LogP contribution < -0.4 is 15.4 Å². The molecule has 1 saturated heterocycles. The molecule has 198 valence electrons. The fourth-order valence-corrected chi connectivity index (χ4v) is 5.13. The van der Waals surface area contributed by atoms with Gasteiger partial charge in [-0.25, -0.2) is 4.98 Å². The molecular weight excluding hydrogens is 492 g/mol. The average Bonchev–Trinajstić information content (AvgIpc) is 3.41. The monoisotopic (exact) mass is 522 g/mol. The van der Waals surface area contributed by atoms with E-state index in [0.29, 0.717) is 42.8 Å². The van der Waals surface area contributed by atoms with E-state index in [0.717, 1.165) is 33.8 Å². The zero-order valence-corrected chi connectivity index (χ0v) is 22.2. The van der Waals surface area contributed by atoms with Gasteiger partial charge in [-0.05, 0) is 73.9 Å². The molecule has 1 aliphatic heterocycles. The van der Waals surface area contributed by atoms with Gasteiger partial charge in [-0.1, -0.05) is 0 Å². The van der Waals surface area contributed by atoms with Gasteiger partial charge in [-0.3, -0.25) is 14.0 Å². The summed E-state index contributed by atoms with van der Waals surface area (Å²) in [5.74, 6) is 0.536. The largest absolute Gasteiger partial charge is 0.495 e. The molecule has 9 nitrogen and oxygen atoms in total. The minimum absolute atomic E-state index is 0.00867. The molecule has 0 bridgehead atoms. The molecule has 2 N–H and O–H groups in total. The molecule has 0 atom stereocenters. The van der Waals surface area contributed by atoms with Crippen molar-refractivity contribution in [1.29, 1.82) is 5.26 Å². The third-order valence-electron chi connectivity index (χ3n) is 7.29. The van der Waals surface area contributed by atoms with Gasteiger partial charge in [-0.2, -0.15) is 5.26 Å². The van der Waals surface area contributed by atoms with Crippen LogP contribution in [0.15, 0.2) is 60.9 Å². The molecule has 3 heterocycles. The Labute approximate surface area is 227 Å². The number of benzene rings is 2. The Morgan fingerprint density at radius 1 is 1.13 bits per heavy atom. The molecule has 4 aromatic rings. The predicted octanol–water partition coefficient (Wildman–Crippen LogP) is 4.53. The quantitative estimate of drug-likeness (QED) is 0.385. The molecule has 1 fully saturated rings. The van der Waals surface area contributed by atoms with Crippen LogP contribution in [0.25, 0.3) is 16.9 Å². The summed E-state index contributed by atoms with van der Waals surface area (Å²) >= 11 is 0. The summed E-state index contributed by atoms with van der Waals surface area (Å²) in [4.78, 5) is 31.6. The van der Waals surface area contributed by atoms with E-state index >= 15 is 0 Å². The maximum absolute atomic E-state index is 13.2. The van der Waals surface area contributed by atoms with E-state index in [2.05, 4.69) is 21.7 Å². The summed E-state index contributed by atoms with van der Waals surface area (Å²) in [6.45, 7) is 3.08. The Morgan fingerprint density at radius 3 is 2.62 bits per heavy atom. The number of aromatic nitrogens is 2. The first-order valence-electron chi connectivity index (χ1n) is 12.9. The zero-order valence-electron chi connectivity index (χ0n) is 22.2. The highest BCUT2D eigenvalue weighted by Gasteiger charge is 2.27. The summed E-state index contributed by atoms with van der Waals surface area (Å²) in [6, 6.07) is 17.2. The van der Waals surface area contributed by atoms with Gasteiger partial charge in [0, 0.05) is 49.1 Å². The highest BCUT2D eigenvalue weighted by molar-refractivity contribution is 5.96. The number of methoxy groups -OCH3 is 1.